The summed E-state index contributed by atoms with van der Waals surface area (Å²) in [7, 11) is -2.77. The minimum absolute atomic E-state index is 0. The van der Waals surface area contributed by atoms with Crippen LogP contribution in [0.25, 0.3) is 0 Å². The van der Waals surface area contributed by atoms with Crippen molar-refractivity contribution < 1.29 is 69.1 Å². The molecule has 0 N–H and O–H groups in total. The molecule has 0 aromatic carbocycles. The van der Waals surface area contributed by atoms with Crippen LogP contribution < -0.4 is 51.4 Å². The number of hydrogen-bond donors (Lipinski definition) is 0. The number of allylic oxidation sites excluding steroid dienone is 1. The Morgan fingerprint density at radius 2 is 1.33 bits per heavy atom. The average molecular weight is 428 g/mol. The van der Waals surface area contributed by atoms with Crippen LogP contribution in [0.2, 0.25) is 0 Å². The molecule has 0 aromatic rings. The molecule has 0 rings (SSSR count). The van der Waals surface area contributed by atoms with E-state index >= 15 is 0 Å². The molecule has 0 saturated carbocycles. The Morgan fingerprint density at radius 3 is 1.78 bits per heavy atom. The van der Waals surface area contributed by atoms with Crippen molar-refractivity contribution in [2.45, 2.75) is 90.4 Å². The van der Waals surface area contributed by atoms with Crippen molar-refractivity contribution in [2.24, 2.45) is 0 Å². The third-order valence-electron chi connectivity index (χ3n) is 4.54. The molecule has 1 amide bonds. The van der Waals surface area contributed by atoms with Gasteiger partial charge in [-0.1, -0.05) is 83.6 Å². The summed E-state index contributed by atoms with van der Waals surface area (Å²) in [6, 6.07) is 0. The van der Waals surface area contributed by atoms with Crippen molar-refractivity contribution in [3.05, 3.63) is 12.2 Å². The SMILES string of the molecule is CCCCCCCCCCCCCC/C=C/C(=O)N(C)CCS(=O)(=O)[O-].[K+]. The number of nitrogens with zero attached hydrogens (tertiary/aromatic N) is 1. The summed E-state index contributed by atoms with van der Waals surface area (Å²) in [6.07, 6.45) is 19.9. The second-order valence-corrected chi connectivity index (χ2v) is 8.63. The molecule has 0 aliphatic carbocycles. The molecular weight excluding hydrogens is 389 g/mol. The molecule has 0 saturated heterocycles. The van der Waals surface area contributed by atoms with E-state index < -0.39 is 15.9 Å². The predicted molar refractivity (Wildman–Crippen MR) is 107 cm³/mol. The molecule has 0 fully saturated rings. The Morgan fingerprint density at radius 1 is 0.889 bits per heavy atom. The van der Waals surface area contributed by atoms with Gasteiger partial charge in [0.2, 0.25) is 5.91 Å². The molecule has 0 bridgehead atoms. The average Bonchev–Trinajstić information content (AvgIpc) is 2.59. The van der Waals surface area contributed by atoms with Crippen LogP contribution in [-0.4, -0.2) is 43.1 Å². The van der Waals surface area contributed by atoms with Crippen molar-refractivity contribution in [1.82, 2.24) is 4.90 Å². The number of hydrogen-bond acceptors (Lipinski definition) is 4. The normalized spacial score (nSPS) is 11.5. The monoisotopic (exact) mass is 427 g/mol. The van der Waals surface area contributed by atoms with Gasteiger partial charge in [-0.15, -0.1) is 0 Å². The Bertz CT molecular complexity index is 480. The molecule has 0 radical (unpaired) electrons. The summed E-state index contributed by atoms with van der Waals surface area (Å²) < 4.78 is 31.6. The smallest absolute Gasteiger partial charge is 0.748 e. The van der Waals surface area contributed by atoms with Gasteiger partial charge in [-0.25, -0.2) is 8.42 Å². The van der Waals surface area contributed by atoms with Crippen LogP contribution in [0, 0.1) is 0 Å². The fourth-order valence-electron chi connectivity index (χ4n) is 2.77. The van der Waals surface area contributed by atoms with Crippen molar-refractivity contribution in [1.29, 1.82) is 0 Å². The fourth-order valence-corrected chi connectivity index (χ4v) is 3.27. The Kier molecular flexibility index (Phi) is 22.2. The molecule has 0 heterocycles. The summed E-state index contributed by atoms with van der Waals surface area (Å²) in [4.78, 5) is 13.0. The first-order valence-corrected chi connectivity index (χ1v) is 11.8. The number of amides is 1. The Balaban J connectivity index is 0. The minimum atomic E-state index is -4.27. The van der Waals surface area contributed by atoms with Gasteiger partial charge >= 0.3 is 51.4 Å². The quantitative estimate of drug-likeness (QED) is 0.153. The van der Waals surface area contributed by atoms with Crippen LogP contribution in [0.1, 0.15) is 90.4 Å². The third-order valence-corrected chi connectivity index (χ3v) is 5.22. The molecule has 5 nitrogen and oxygen atoms in total. The number of unbranched alkanes of at least 4 members (excludes halogenated alkanes) is 12. The van der Waals surface area contributed by atoms with Gasteiger partial charge in [0.25, 0.3) is 0 Å². The van der Waals surface area contributed by atoms with Crippen LogP contribution in [0.5, 0.6) is 0 Å². The van der Waals surface area contributed by atoms with Crippen molar-refractivity contribution in [3.63, 3.8) is 0 Å². The Labute approximate surface area is 209 Å². The number of likely N-dealkylation sites (N-methyl/N-ethyl adjacent to an activating group) is 1. The van der Waals surface area contributed by atoms with Gasteiger partial charge < -0.3 is 9.45 Å². The Hall–Kier alpha value is 0.756. The molecule has 154 valence electrons. The fraction of sp³-hybridized carbons (Fsp3) is 0.850. The topological polar surface area (TPSA) is 77.5 Å². The minimum Gasteiger partial charge on any atom is -0.748 e. The second-order valence-electron chi connectivity index (χ2n) is 7.10. The van der Waals surface area contributed by atoms with Crippen LogP contribution in [0.4, 0.5) is 0 Å². The first kappa shape index (κ1) is 30.0. The van der Waals surface area contributed by atoms with Gasteiger partial charge in [-0.3, -0.25) is 4.79 Å². The number of rotatable bonds is 17. The van der Waals surface area contributed by atoms with E-state index in [0.717, 1.165) is 12.8 Å². The van der Waals surface area contributed by atoms with Crippen molar-refractivity contribution in [2.75, 3.05) is 19.3 Å². The zero-order valence-electron chi connectivity index (χ0n) is 17.7. The maximum Gasteiger partial charge on any atom is 1.00 e. The maximum atomic E-state index is 11.7. The predicted octanol–water partition coefficient (Wildman–Crippen LogP) is 1.64. The van der Waals surface area contributed by atoms with Crippen molar-refractivity contribution in [3.8, 4) is 0 Å². The van der Waals surface area contributed by atoms with Crippen LogP contribution in [-0.2, 0) is 14.9 Å². The van der Waals surface area contributed by atoms with Gasteiger partial charge in [-0.2, -0.15) is 0 Å². The van der Waals surface area contributed by atoms with E-state index in [1.165, 1.54) is 88.7 Å². The summed E-state index contributed by atoms with van der Waals surface area (Å²) in [6.45, 7) is 2.19. The second kappa shape index (κ2) is 20.0. The van der Waals surface area contributed by atoms with Gasteiger partial charge in [-0.05, 0) is 18.9 Å². The molecule has 0 unspecified atom stereocenters. The molecule has 0 spiro atoms. The van der Waals surface area contributed by atoms with E-state index in [-0.39, 0.29) is 63.8 Å². The zero-order valence-corrected chi connectivity index (χ0v) is 21.7. The summed E-state index contributed by atoms with van der Waals surface area (Å²) in [5.41, 5.74) is 0. The van der Waals surface area contributed by atoms with Crippen molar-refractivity contribution >= 4 is 16.0 Å². The molecule has 0 aromatic heterocycles. The summed E-state index contributed by atoms with van der Waals surface area (Å²) >= 11 is 0. The molecule has 0 aliphatic rings. The molecule has 7 heteroatoms. The molecular formula is C20H38KNO4S. The van der Waals surface area contributed by atoms with Crippen LogP contribution in [0.3, 0.4) is 0 Å². The summed E-state index contributed by atoms with van der Waals surface area (Å²) in [5.74, 6) is -0.797. The van der Waals surface area contributed by atoms with E-state index in [1.807, 2.05) is 6.08 Å². The molecule has 0 aliphatic heterocycles. The van der Waals surface area contributed by atoms with E-state index in [4.69, 9.17) is 0 Å². The standard InChI is InChI=1S/C20H39NO4S.K/c1-3-4-5-6-7-8-9-10-11-12-13-14-15-16-17-20(22)21(2)18-19-26(23,24)25;/h16-17H,3-15,18-19H2,1-2H3,(H,23,24,25);/q;+1/p-1/b17-16+;. The van der Waals surface area contributed by atoms with Gasteiger partial charge in [0.05, 0.1) is 15.9 Å². The maximum absolute atomic E-state index is 11.7. The van der Waals surface area contributed by atoms with E-state index in [0.29, 0.717) is 0 Å². The van der Waals surface area contributed by atoms with E-state index in [2.05, 4.69) is 6.92 Å². The zero-order chi connectivity index (χ0) is 19.7. The van der Waals surface area contributed by atoms with E-state index in [9.17, 15) is 17.8 Å². The first-order valence-electron chi connectivity index (χ1n) is 10.2. The van der Waals surface area contributed by atoms with Gasteiger partial charge in [0.1, 0.15) is 0 Å². The van der Waals surface area contributed by atoms with Crippen LogP contribution >= 0.6 is 0 Å². The third kappa shape index (κ3) is 22.9. The molecule has 0 atom stereocenters. The first-order chi connectivity index (χ1) is 12.4. The van der Waals surface area contributed by atoms with E-state index in [1.54, 1.807) is 0 Å². The largest absolute Gasteiger partial charge is 1.00 e. The summed E-state index contributed by atoms with van der Waals surface area (Å²) in [5, 5.41) is 0. The van der Waals surface area contributed by atoms with Gasteiger partial charge in [0.15, 0.2) is 0 Å². The van der Waals surface area contributed by atoms with Crippen LogP contribution in [0.15, 0.2) is 12.2 Å². The number of carbonyl (C=O) groups is 1. The number of carbonyl (C=O) groups excluding carboxylic acids is 1. The molecule has 27 heavy (non-hydrogen) atoms. The van der Waals surface area contributed by atoms with Gasteiger partial charge in [0, 0.05) is 13.6 Å².